The fourth-order valence-electron chi connectivity index (χ4n) is 1.35. The van der Waals surface area contributed by atoms with Crippen LogP contribution in [0.15, 0.2) is 28.7 Å². The van der Waals surface area contributed by atoms with Crippen molar-refractivity contribution in [1.29, 1.82) is 0 Å². The number of anilines is 1. The molecule has 0 saturated heterocycles. The van der Waals surface area contributed by atoms with Crippen LogP contribution in [0.3, 0.4) is 0 Å². The first kappa shape index (κ1) is 9.92. The molecule has 0 spiro atoms. The van der Waals surface area contributed by atoms with Crippen molar-refractivity contribution in [1.82, 2.24) is 4.98 Å². The van der Waals surface area contributed by atoms with Crippen molar-refractivity contribution in [2.45, 2.75) is 0 Å². The molecule has 0 aliphatic carbocycles. The number of rotatable bonds is 1. The van der Waals surface area contributed by atoms with Gasteiger partial charge in [-0.25, -0.2) is 9.78 Å². The van der Waals surface area contributed by atoms with Crippen molar-refractivity contribution in [3.63, 3.8) is 0 Å². The average Bonchev–Trinajstić information content (AvgIpc) is 2.18. The van der Waals surface area contributed by atoms with E-state index in [0.717, 1.165) is 9.86 Å². The van der Waals surface area contributed by atoms with E-state index in [0.29, 0.717) is 5.52 Å². The molecule has 2 rings (SSSR count). The number of benzene rings is 1. The Kier molecular flexibility index (Phi) is 2.32. The standard InChI is InChI=1S/C10H7BrN2O2/c11-7-3-1-2-5-4-6(10(14)15)9(12)13-8(5)7/h1-4H,(H2,12,13)(H,14,15). The first-order chi connectivity index (χ1) is 7.09. The predicted octanol–water partition coefficient (Wildman–Crippen LogP) is 2.28. The van der Waals surface area contributed by atoms with E-state index >= 15 is 0 Å². The van der Waals surface area contributed by atoms with Gasteiger partial charge in [-0.1, -0.05) is 12.1 Å². The number of pyridine rings is 1. The smallest absolute Gasteiger partial charge is 0.339 e. The molecule has 0 radical (unpaired) electrons. The Morgan fingerprint density at radius 2 is 2.20 bits per heavy atom. The number of para-hydroxylation sites is 1. The second kappa shape index (κ2) is 3.51. The number of carbonyl (C=O) groups is 1. The third-order valence-electron chi connectivity index (χ3n) is 2.06. The Bertz CT molecular complexity index is 554. The molecule has 0 aliphatic heterocycles. The van der Waals surface area contributed by atoms with Gasteiger partial charge in [0.2, 0.25) is 0 Å². The number of nitrogens with zero attached hydrogens (tertiary/aromatic N) is 1. The molecule has 1 aromatic heterocycles. The van der Waals surface area contributed by atoms with E-state index < -0.39 is 5.97 Å². The molecule has 0 aliphatic rings. The zero-order valence-electron chi connectivity index (χ0n) is 7.57. The van der Waals surface area contributed by atoms with Gasteiger partial charge < -0.3 is 10.8 Å². The lowest BCUT2D eigenvalue weighted by atomic mass is 10.1. The van der Waals surface area contributed by atoms with Crippen molar-refractivity contribution in [2.75, 3.05) is 5.73 Å². The lowest BCUT2D eigenvalue weighted by molar-refractivity contribution is 0.0698. The van der Waals surface area contributed by atoms with Gasteiger partial charge in [0.25, 0.3) is 0 Å². The van der Waals surface area contributed by atoms with Crippen molar-refractivity contribution in [2.24, 2.45) is 0 Å². The summed E-state index contributed by atoms with van der Waals surface area (Å²) in [5, 5.41) is 9.61. The number of aromatic carboxylic acids is 1. The van der Waals surface area contributed by atoms with Crippen LogP contribution in [0.1, 0.15) is 10.4 Å². The van der Waals surface area contributed by atoms with E-state index in [1.54, 1.807) is 6.07 Å². The van der Waals surface area contributed by atoms with Gasteiger partial charge in [0.1, 0.15) is 11.4 Å². The van der Waals surface area contributed by atoms with E-state index in [1.807, 2.05) is 12.1 Å². The van der Waals surface area contributed by atoms with E-state index in [1.165, 1.54) is 6.07 Å². The normalized spacial score (nSPS) is 10.5. The van der Waals surface area contributed by atoms with Crippen molar-refractivity contribution in [3.8, 4) is 0 Å². The monoisotopic (exact) mass is 266 g/mol. The number of halogens is 1. The molecular weight excluding hydrogens is 260 g/mol. The maximum absolute atomic E-state index is 10.8. The number of fused-ring (bicyclic) bond motifs is 1. The number of aromatic nitrogens is 1. The SMILES string of the molecule is Nc1nc2c(Br)cccc2cc1C(=O)O. The molecule has 1 heterocycles. The fourth-order valence-corrected chi connectivity index (χ4v) is 1.82. The lowest BCUT2D eigenvalue weighted by Crippen LogP contribution is -2.04. The molecule has 4 nitrogen and oxygen atoms in total. The highest BCUT2D eigenvalue weighted by Crippen LogP contribution is 2.24. The minimum Gasteiger partial charge on any atom is -0.478 e. The van der Waals surface area contributed by atoms with Gasteiger partial charge in [-0.05, 0) is 28.1 Å². The van der Waals surface area contributed by atoms with E-state index in [9.17, 15) is 4.79 Å². The van der Waals surface area contributed by atoms with Gasteiger partial charge in [0.05, 0.1) is 5.52 Å². The van der Waals surface area contributed by atoms with Crippen LogP contribution in [-0.4, -0.2) is 16.1 Å². The highest BCUT2D eigenvalue weighted by molar-refractivity contribution is 9.10. The number of nitrogen functional groups attached to an aromatic ring is 1. The Hall–Kier alpha value is -1.62. The van der Waals surface area contributed by atoms with Crippen molar-refractivity contribution in [3.05, 3.63) is 34.3 Å². The third kappa shape index (κ3) is 1.66. The first-order valence-electron chi connectivity index (χ1n) is 4.17. The van der Waals surface area contributed by atoms with Crippen LogP contribution in [0.2, 0.25) is 0 Å². The Balaban J connectivity index is 2.82. The molecule has 0 saturated carbocycles. The Labute approximate surface area is 93.9 Å². The molecule has 0 amide bonds. The van der Waals surface area contributed by atoms with Crippen LogP contribution < -0.4 is 5.73 Å². The molecule has 3 N–H and O–H groups in total. The fraction of sp³-hybridized carbons (Fsp3) is 0. The maximum atomic E-state index is 10.8. The molecule has 0 bridgehead atoms. The predicted molar refractivity (Wildman–Crippen MR) is 60.8 cm³/mol. The second-order valence-corrected chi connectivity index (χ2v) is 3.89. The van der Waals surface area contributed by atoms with Gasteiger partial charge in [-0.3, -0.25) is 0 Å². The molecule has 0 fully saturated rings. The van der Waals surface area contributed by atoms with Crippen LogP contribution in [-0.2, 0) is 0 Å². The molecule has 2 aromatic rings. The summed E-state index contributed by atoms with van der Waals surface area (Å²) >= 11 is 3.33. The summed E-state index contributed by atoms with van der Waals surface area (Å²) in [6.45, 7) is 0. The first-order valence-corrected chi connectivity index (χ1v) is 4.97. The summed E-state index contributed by atoms with van der Waals surface area (Å²) in [4.78, 5) is 14.9. The molecular formula is C10H7BrN2O2. The average molecular weight is 267 g/mol. The van der Waals surface area contributed by atoms with Crippen LogP contribution >= 0.6 is 15.9 Å². The van der Waals surface area contributed by atoms with E-state index in [2.05, 4.69) is 20.9 Å². The number of hydrogen-bond acceptors (Lipinski definition) is 3. The molecule has 76 valence electrons. The van der Waals surface area contributed by atoms with Crippen LogP contribution in [0.4, 0.5) is 5.82 Å². The zero-order valence-corrected chi connectivity index (χ0v) is 9.15. The maximum Gasteiger partial charge on any atom is 0.339 e. The van der Waals surface area contributed by atoms with E-state index in [4.69, 9.17) is 10.8 Å². The van der Waals surface area contributed by atoms with Crippen LogP contribution in [0.25, 0.3) is 10.9 Å². The van der Waals surface area contributed by atoms with Crippen LogP contribution in [0, 0.1) is 0 Å². The Morgan fingerprint density at radius 3 is 2.87 bits per heavy atom. The molecule has 5 heteroatoms. The quantitative estimate of drug-likeness (QED) is 0.831. The van der Waals surface area contributed by atoms with Gasteiger partial charge in [0.15, 0.2) is 0 Å². The minimum absolute atomic E-state index is 0.0283. The largest absolute Gasteiger partial charge is 0.478 e. The molecule has 15 heavy (non-hydrogen) atoms. The van der Waals surface area contributed by atoms with Gasteiger partial charge in [-0.2, -0.15) is 0 Å². The van der Waals surface area contributed by atoms with Crippen LogP contribution in [0.5, 0.6) is 0 Å². The molecule has 1 aromatic carbocycles. The Morgan fingerprint density at radius 1 is 1.47 bits per heavy atom. The van der Waals surface area contributed by atoms with Gasteiger partial charge in [0, 0.05) is 9.86 Å². The van der Waals surface area contributed by atoms with Gasteiger partial charge >= 0.3 is 5.97 Å². The highest BCUT2D eigenvalue weighted by atomic mass is 79.9. The summed E-state index contributed by atoms with van der Waals surface area (Å²) in [5.74, 6) is -1.04. The van der Waals surface area contributed by atoms with Crippen molar-refractivity contribution < 1.29 is 9.90 Å². The number of carboxylic acids is 1. The topological polar surface area (TPSA) is 76.2 Å². The van der Waals surface area contributed by atoms with Gasteiger partial charge in [-0.15, -0.1) is 0 Å². The number of nitrogens with two attached hydrogens (primary N) is 1. The van der Waals surface area contributed by atoms with Crippen molar-refractivity contribution >= 4 is 38.6 Å². The molecule has 0 atom stereocenters. The zero-order chi connectivity index (χ0) is 11.0. The summed E-state index contributed by atoms with van der Waals surface area (Å²) in [6.07, 6.45) is 0. The number of carboxylic acid groups (broad SMARTS) is 1. The summed E-state index contributed by atoms with van der Waals surface area (Å²) in [5.41, 5.74) is 6.24. The number of hydrogen-bond donors (Lipinski definition) is 2. The third-order valence-corrected chi connectivity index (χ3v) is 2.70. The summed E-state index contributed by atoms with van der Waals surface area (Å²) in [7, 11) is 0. The summed E-state index contributed by atoms with van der Waals surface area (Å²) in [6, 6.07) is 6.95. The summed E-state index contributed by atoms with van der Waals surface area (Å²) < 4.78 is 0.795. The molecule has 0 unspecified atom stereocenters. The minimum atomic E-state index is -1.07. The van der Waals surface area contributed by atoms with E-state index in [-0.39, 0.29) is 11.4 Å². The highest BCUT2D eigenvalue weighted by Gasteiger charge is 2.11. The lowest BCUT2D eigenvalue weighted by Gasteiger charge is -2.04. The second-order valence-electron chi connectivity index (χ2n) is 3.04.